The Morgan fingerprint density at radius 2 is 2.00 bits per heavy atom. The summed E-state index contributed by atoms with van der Waals surface area (Å²) < 4.78 is 28.7. The number of amides is 1. The van der Waals surface area contributed by atoms with E-state index in [0.717, 1.165) is 29.6 Å². The third-order valence-electron chi connectivity index (χ3n) is 5.37. The molecular weight excluding hydrogens is 472 g/mol. The number of halogens is 1. The molecule has 1 saturated heterocycles. The van der Waals surface area contributed by atoms with E-state index in [-0.39, 0.29) is 21.5 Å². The van der Waals surface area contributed by atoms with Crippen LogP contribution in [0, 0.1) is 0 Å². The third-order valence-corrected chi connectivity index (χ3v) is 8.20. The van der Waals surface area contributed by atoms with Crippen molar-refractivity contribution in [2.45, 2.75) is 29.2 Å². The van der Waals surface area contributed by atoms with Gasteiger partial charge in [-0.3, -0.25) is 4.79 Å². The lowest BCUT2D eigenvalue weighted by Gasteiger charge is -2.15. The van der Waals surface area contributed by atoms with E-state index in [1.54, 1.807) is 0 Å². The normalized spacial score (nSPS) is 14.7. The van der Waals surface area contributed by atoms with Crippen LogP contribution in [0.2, 0.25) is 5.02 Å². The van der Waals surface area contributed by atoms with E-state index < -0.39 is 9.84 Å². The Kier molecular flexibility index (Phi) is 5.48. The average Bonchev–Trinajstić information content (AvgIpc) is 3.51. The molecule has 1 aromatic carbocycles. The van der Waals surface area contributed by atoms with Crippen LogP contribution in [0.25, 0.3) is 15.9 Å². The molecule has 0 saturated carbocycles. The molecular formula is C20H19ClN6O3S2. The Bertz CT molecular complexity index is 1410. The van der Waals surface area contributed by atoms with Gasteiger partial charge in [-0.25, -0.2) is 13.4 Å². The second kappa shape index (κ2) is 8.30. The molecule has 1 N–H and O–H groups in total. The zero-order chi connectivity index (χ0) is 22.3. The SMILES string of the molecule is O=C1CCCN1CCCNc1nc2c(S(=O)(=O)c3ccc(Cl)cc3)nnn2c2ccsc12. The van der Waals surface area contributed by atoms with Crippen molar-refractivity contribution in [3.8, 4) is 0 Å². The number of anilines is 1. The summed E-state index contributed by atoms with van der Waals surface area (Å²) in [4.78, 5) is 18.3. The molecule has 0 aliphatic carbocycles. The first-order chi connectivity index (χ1) is 15.4. The van der Waals surface area contributed by atoms with Crippen molar-refractivity contribution in [1.29, 1.82) is 0 Å². The molecule has 1 aliphatic heterocycles. The predicted molar refractivity (Wildman–Crippen MR) is 122 cm³/mol. The molecule has 0 radical (unpaired) electrons. The fourth-order valence-corrected chi connectivity index (χ4v) is 5.96. The van der Waals surface area contributed by atoms with Gasteiger partial charge in [-0.05, 0) is 48.6 Å². The number of hydrogen-bond acceptors (Lipinski definition) is 8. The topological polar surface area (TPSA) is 110 Å². The van der Waals surface area contributed by atoms with Gasteiger partial charge in [0.05, 0.1) is 15.1 Å². The smallest absolute Gasteiger partial charge is 0.229 e. The molecule has 0 unspecified atom stereocenters. The lowest BCUT2D eigenvalue weighted by atomic mass is 10.3. The summed E-state index contributed by atoms with van der Waals surface area (Å²) in [6.07, 6.45) is 2.30. The quantitative estimate of drug-likeness (QED) is 0.396. The van der Waals surface area contributed by atoms with E-state index in [0.29, 0.717) is 30.4 Å². The molecule has 166 valence electrons. The van der Waals surface area contributed by atoms with Crippen molar-refractivity contribution in [1.82, 2.24) is 24.7 Å². The highest BCUT2D eigenvalue weighted by atomic mass is 35.5. The maximum absolute atomic E-state index is 13.2. The van der Waals surface area contributed by atoms with Gasteiger partial charge in [0.15, 0.2) is 5.65 Å². The number of aromatic nitrogens is 4. The van der Waals surface area contributed by atoms with Crippen LogP contribution in [0.4, 0.5) is 5.82 Å². The highest BCUT2D eigenvalue weighted by Gasteiger charge is 2.27. The van der Waals surface area contributed by atoms with Crippen LogP contribution in [0.15, 0.2) is 45.6 Å². The minimum atomic E-state index is -3.93. The number of nitrogens with zero attached hydrogens (tertiary/aromatic N) is 5. The summed E-state index contributed by atoms with van der Waals surface area (Å²) in [7, 11) is -3.93. The number of likely N-dealkylation sites (tertiary alicyclic amines) is 1. The molecule has 32 heavy (non-hydrogen) atoms. The summed E-state index contributed by atoms with van der Waals surface area (Å²) in [5, 5.41) is 13.4. The zero-order valence-corrected chi connectivity index (χ0v) is 19.3. The first-order valence-electron chi connectivity index (χ1n) is 10.1. The van der Waals surface area contributed by atoms with Gasteiger partial charge in [0.2, 0.25) is 20.8 Å². The average molecular weight is 491 g/mol. The number of rotatable bonds is 7. The van der Waals surface area contributed by atoms with Gasteiger partial charge in [0.1, 0.15) is 5.82 Å². The van der Waals surface area contributed by atoms with E-state index >= 15 is 0 Å². The highest BCUT2D eigenvalue weighted by Crippen LogP contribution is 2.31. The molecule has 3 aromatic heterocycles. The number of fused-ring (bicyclic) bond motifs is 3. The van der Waals surface area contributed by atoms with Crippen molar-refractivity contribution >= 4 is 60.4 Å². The lowest BCUT2D eigenvalue weighted by molar-refractivity contribution is -0.127. The van der Waals surface area contributed by atoms with Gasteiger partial charge in [0.25, 0.3) is 0 Å². The molecule has 12 heteroatoms. The Morgan fingerprint density at radius 1 is 1.19 bits per heavy atom. The van der Waals surface area contributed by atoms with Crippen LogP contribution < -0.4 is 5.32 Å². The van der Waals surface area contributed by atoms with Crippen LogP contribution in [-0.4, -0.2) is 58.7 Å². The Morgan fingerprint density at radius 3 is 2.75 bits per heavy atom. The van der Waals surface area contributed by atoms with E-state index in [4.69, 9.17) is 11.6 Å². The lowest BCUT2D eigenvalue weighted by Crippen LogP contribution is -2.27. The Labute approximate surface area is 192 Å². The van der Waals surface area contributed by atoms with Gasteiger partial charge in [-0.2, -0.15) is 4.52 Å². The standard InChI is InChI=1S/C20H19ClN6O3S2/c21-13-4-6-14(7-5-13)32(29,30)20-19-23-18(17-15(8-12-31-17)27(19)25-24-20)22-9-2-11-26-10-1-3-16(26)28/h4-8,12H,1-3,9-11H2,(H,22,23). The van der Waals surface area contributed by atoms with E-state index in [2.05, 4.69) is 20.6 Å². The first-order valence-corrected chi connectivity index (χ1v) is 12.8. The van der Waals surface area contributed by atoms with E-state index in [1.807, 2.05) is 16.3 Å². The van der Waals surface area contributed by atoms with Crippen molar-refractivity contribution in [2.24, 2.45) is 0 Å². The van der Waals surface area contributed by atoms with Gasteiger partial charge in [0, 0.05) is 31.1 Å². The molecule has 5 rings (SSSR count). The summed E-state index contributed by atoms with van der Waals surface area (Å²) in [6.45, 7) is 2.10. The fourth-order valence-electron chi connectivity index (χ4n) is 3.76. The monoisotopic (exact) mass is 490 g/mol. The minimum Gasteiger partial charge on any atom is -0.369 e. The molecule has 4 heterocycles. The van der Waals surface area contributed by atoms with Crippen LogP contribution in [0.1, 0.15) is 19.3 Å². The fraction of sp³-hybridized carbons (Fsp3) is 0.300. The number of hydrogen-bond donors (Lipinski definition) is 1. The predicted octanol–water partition coefficient (Wildman–Crippen LogP) is 3.25. The molecule has 4 aromatic rings. The first kappa shape index (κ1) is 21.1. The molecule has 1 amide bonds. The number of benzene rings is 1. The van der Waals surface area contributed by atoms with Crippen molar-refractivity contribution in [3.63, 3.8) is 0 Å². The number of nitrogens with one attached hydrogen (secondary N) is 1. The van der Waals surface area contributed by atoms with Crippen LogP contribution in [-0.2, 0) is 14.6 Å². The number of thiophene rings is 1. The van der Waals surface area contributed by atoms with Crippen molar-refractivity contribution in [3.05, 3.63) is 40.7 Å². The minimum absolute atomic E-state index is 0.0707. The second-order valence-electron chi connectivity index (χ2n) is 7.45. The zero-order valence-electron chi connectivity index (χ0n) is 16.9. The molecule has 1 fully saturated rings. The van der Waals surface area contributed by atoms with Gasteiger partial charge in [-0.1, -0.05) is 16.8 Å². The number of carbonyl (C=O) groups excluding carboxylic acids is 1. The number of carbonyl (C=O) groups is 1. The summed E-state index contributed by atoms with van der Waals surface area (Å²) in [5.74, 6) is 0.776. The van der Waals surface area contributed by atoms with Crippen LogP contribution in [0.3, 0.4) is 0 Å². The van der Waals surface area contributed by atoms with Gasteiger partial charge < -0.3 is 10.2 Å². The third kappa shape index (κ3) is 3.70. The molecule has 1 aliphatic rings. The maximum Gasteiger partial charge on any atom is 0.229 e. The number of sulfone groups is 1. The Balaban J connectivity index is 1.46. The highest BCUT2D eigenvalue weighted by molar-refractivity contribution is 7.91. The van der Waals surface area contributed by atoms with Crippen molar-refractivity contribution < 1.29 is 13.2 Å². The van der Waals surface area contributed by atoms with Crippen LogP contribution in [0.5, 0.6) is 0 Å². The summed E-state index contributed by atoms with van der Waals surface area (Å²) in [5.41, 5.74) is 0.880. The largest absolute Gasteiger partial charge is 0.369 e. The maximum atomic E-state index is 13.2. The van der Waals surface area contributed by atoms with E-state index in [1.165, 1.54) is 40.1 Å². The van der Waals surface area contributed by atoms with Gasteiger partial charge >= 0.3 is 0 Å². The Hall–Kier alpha value is -2.76. The summed E-state index contributed by atoms with van der Waals surface area (Å²) in [6, 6.07) is 7.76. The molecule has 0 spiro atoms. The second-order valence-corrected chi connectivity index (χ2v) is 10.7. The van der Waals surface area contributed by atoms with Crippen molar-refractivity contribution in [2.75, 3.05) is 25.0 Å². The molecule has 0 bridgehead atoms. The van der Waals surface area contributed by atoms with Crippen LogP contribution >= 0.6 is 22.9 Å². The molecule has 0 atom stereocenters. The van der Waals surface area contributed by atoms with E-state index in [9.17, 15) is 13.2 Å². The van der Waals surface area contributed by atoms with Gasteiger partial charge in [-0.15, -0.1) is 16.4 Å². The molecule has 9 nitrogen and oxygen atoms in total. The summed E-state index contributed by atoms with van der Waals surface area (Å²) >= 11 is 7.38.